The molecule has 0 aromatic heterocycles. The van der Waals surface area contributed by atoms with E-state index in [9.17, 15) is 4.79 Å². The number of nitrogens with zero attached hydrogens (tertiary/aromatic N) is 1. The maximum Gasteiger partial charge on any atom is 0.413 e. The number of aliphatic imine (C=N–C) groups is 1. The van der Waals surface area contributed by atoms with Crippen molar-refractivity contribution in [3.63, 3.8) is 0 Å². The van der Waals surface area contributed by atoms with Crippen LogP contribution in [0.4, 0.5) is 4.79 Å². The van der Waals surface area contributed by atoms with Gasteiger partial charge in [-0.15, -0.1) is 0 Å². The summed E-state index contributed by atoms with van der Waals surface area (Å²) in [5.74, 6) is 0.619. The van der Waals surface area contributed by atoms with Gasteiger partial charge in [0.2, 0.25) is 0 Å². The Morgan fingerprint density at radius 1 is 1.53 bits per heavy atom. The molecule has 0 aromatic carbocycles. The fraction of sp³-hybridized carbons (Fsp3) is 0.692. The number of alkyl carbamates (subject to hydrolysis) is 1. The van der Waals surface area contributed by atoms with Gasteiger partial charge in [0, 0.05) is 5.71 Å². The predicted molar refractivity (Wildman–Crippen MR) is 69.0 cm³/mol. The Bertz CT molecular complexity index is 338. The molecule has 0 atom stereocenters. The lowest BCUT2D eigenvalue weighted by Crippen LogP contribution is -2.31. The molecule has 0 unspecified atom stereocenters. The Kier molecular flexibility index (Phi) is 4.73. The quantitative estimate of drug-likeness (QED) is 0.801. The van der Waals surface area contributed by atoms with Crippen molar-refractivity contribution < 1.29 is 9.53 Å². The minimum atomic E-state index is -0.479. The first kappa shape index (κ1) is 13.7. The largest absolute Gasteiger partial charge is 0.444 e. The van der Waals surface area contributed by atoms with Crippen LogP contribution in [0, 0.1) is 0 Å². The van der Waals surface area contributed by atoms with Crippen LogP contribution in [0.2, 0.25) is 0 Å². The first-order valence-corrected chi connectivity index (χ1v) is 6.17. The molecule has 0 radical (unpaired) electrons. The number of carbonyl (C=O) groups excluding carboxylic acids is 1. The van der Waals surface area contributed by atoms with Gasteiger partial charge in [0.15, 0.2) is 0 Å². The third kappa shape index (κ3) is 5.52. The van der Waals surface area contributed by atoms with E-state index in [0.29, 0.717) is 5.82 Å². The summed E-state index contributed by atoms with van der Waals surface area (Å²) in [4.78, 5) is 16.0. The van der Waals surface area contributed by atoms with Gasteiger partial charge in [0.05, 0.1) is 0 Å². The van der Waals surface area contributed by atoms with E-state index >= 15 is 0 Å². The predicted octanol–water partition coefficient (Wildman–Crippen LogP) is 3.39. The van der Waals surface area contributed by atoms with E-state index in [1.54, 1.807) is 0 Å². The smallest absolute Gasteiger partial charge is 0.413 e. The van der Waals surface area contributed by atoms with Gasteiger partial charge < -0.3 is 4.74 Å². The molecule has 4 nitrogen and oxygen atoms in total. The van der Waals surface area contributed by atoms with E-state index in [2.05, 4.69) is 17.2 Å². The fourth-order valence-electron chi connectivity index (χ4n) is 1.56. The molecule has 1 aliphatic heterocycles. The van der Waals surface area contributed by atoms with Crippen LogP contribution in [0.3, 0.4) is 0 Å². The normalized spacial score (nSPS) is 16.7. The second kappa shape index (κ2) is 5.84. The van der Waals surface area contributed by atoms with Gasteiger partial charge in [0.25, 0.3) is 0 Å². The molecule has 96 valence electrons. The maximum absolute atomic E-state index is 11.6. The van der Waals surface area contributed by atoms with E-state index in [1.807, 2.05) is 26.8 Å². The van der Waals surface area contributed by atoms with Gasteiger partial charge in [-0.3, -0.25) is 5.32 Å². The average Bonchev–Trinajstić information content (AvgIpc) is 2.39. The maximum atomic E-state index is 11.6. The van der Waals surface area contributed by atoms with Crippen molar-refractivity contribution >= 4 is 11.8 Å². The number of amides is 1. The van der Waals surface area contributed by atoms with Crippen LogP contribution >= 0.6 is 0 Å². The zero-order valence-electron chi connectivity index (χ0n) is 11.2. The third-order valence-electron chi connectivity index (χ3n) is 2.32. The summed E-state index contributed by atoms with van der Waals surface area (Å²) in [7, 11) is 0. The monoisotopic (exact) mass is 238 g/mol. The summed E-state index contributed by atoms with van der Waals surface area (Å²) in [6.07, 6.45) is 5.47. The molecule has 1 rings (SSSR count). The van der Waals surface area contributed by atoms with E-state index in [-0.39, 0.29) is 0 Å². The minimum Gasteiger partial charge on any atom is -0.444 e. The highest BCUT2D eigenvalue weighted by molar-refractivity contribution is 5.85. The molecule has 1 aliphatic rings. The van der Waals surface area contributed by atoms with E-state index < -0.39 is 11.7 Å². The Hall–Kier alpha value is -1.32. The number of allylic oxidation sites excluding steroid dienone is 1. The van der Waals surface area contributed by atoms with E-state index in [1.165, 1.54) is 0 Å². The van der Waals surface area contributed by atoms with Crippen molar-refractivity contribution in [3.8, 4) is 0 Å². The van der Waals surface area contributed by atoms with Gasteiger partial charge in [-0.1, -0.05) is 6.92 Å². The van der Waals surface area contributed by atoms with E-state index in [4.69, 9.17) is 4.74 Å². The van der Waals surface area contributed by atoms with Gasteiger partial charge in [-0.05, 0) is 52.5 Å². The fourth-order valence-corrected chi connectivity index (χ4v) is 1.56. The summed E-state index contributed by atoms with van der Waals surface area (Å²) in [5.41, 5.74) is 0.650. The van der Waals surface area contributed by atoms with Crippen molar-refractivity contribution in [2.24, 2.45) is 4.99 Å². The van der Waals surface area contributed by atoms with Crippen molar-refractivity contribution in [3.05, 3.63) is 11.9 Å². The highest BCUT2D eigenvalue weighted by Gasteiger charge is 2.17. The molecular weight excluding hydrogens is 216 g/mol. The third-order valence-corrected chi connectivity index (χ3v) is 2.32. The van der Waals surface area contributed by atoms with Gasteiger partial charge >= 0.3 is 6.09 Å². The number of hydrogen-bond donors (Lipinski definition) is 1. The topological polar surface area (TPSA) is 50.7 Å². The van der Waals surface area contributed by atoms with Crippen molar-refractivity contribution in [1.82, 2.24) is 5.32 Å². The molecule has 1 N–H and O–H groups in total. The SMILES string of the molecule is CCC1=NC(NC(=O)OC(C)(C)C)=CCCC1. The Balaban J connectivity index is 2.60. The molecule has 0 bridgehead atoms. The lowest BCUT2D eigenvalue weighted by atomic mass is 10.1. The van der Waals surface area contributed by atoms with Gasteiger partial charge in [-0.2, -0.15) is 0 Å². The van der Waals surface area contributed by atoms with Crippen LogP contribution in [0.5, 0.6) is 0 Å². The summed E-state index contributed by atoms with van der Waals surface area (Å²) in [5, 5.41) is 2.69. The zero-order chi connectivity index (χ0) is 12.9. The lowest BCUT2D eigenvalue weighted by molar-refractivity contribution is 0.0545. The summed E-state index contributed by atoms with van der Waals surface area (Å²) >= 11 is 0. The van der Waals surface area contributed by atoms with E-state index in [0.717, 1.165) is 31.4 Å². The lowest BCUT2D eigenvalue weighted by Gasteiger charge is -2.19. The highest BCUT2D eigenvalue weighted by Crippen LogP contribution is 2.12. The molecule has 0 saturated carbocycles. The second-order valence-electron chi connectivity index (χ2n) is 5.14. The summed E-state index contributed by atoms with van der Waals surface area (Å²) in [6.45, 7) is 7.60. The number of carbonyl (C=O) groups is 1. The molecule has 1 amide bonds. The second-order valence-corrected chi connectivity index (χ2v) is 5.14. The highest BCUT2D eigenvalue weighted by atomic mass is 16.6. The molecule has 17 heavy (non-hydrogen) atoms. The Morgan fingerprint density at radius 3 is 2.82 bits per heavy atom. The van der Waals surface area contributed by atoms with Crippen LogP contribution in [-0.2, 0) is 4.74 Å². The van der Waals surface area contributed by atoms with Gasteiger partial charge in [-0.25, -0.2) is 9.79 Å². The van der Waals surface area contributed by atoms with Gasteiger partial charge in [0.1, 0.15) is 11.4 Å². The standard InChI is InChI=1S/C13H22N2O2/c1-5-10-8-6-7-9-11(14-10)15-12(16)17-13(2,3)4/h9H,5-8H2,1-4H3,(H,15,16). The first-order chi connectivity index (χ1) is 7.90. The number of rotatable bonds is 2. The number of nitrogens with one attached hydrogen (secondary N) is 1. The summed E-state index contributed by atoms with van der Waals surface area (Å²) < 4.78 is 5.19. The molecule has 0 fully saturated rings. The molecule has 0 spiro atoms. The molecule has 0 aliphatic carbocycles. The minimum absolute atomic E-state index is 0.440. The summed E-state index contributed by atoms with van der Waals surface area (Å²) in [6, 6.07) is 0. The number of ether oxygens (including phenoxy) is 1. The molecule has 4 heteroatoms. The van der Waals surface area contributed by atoms with Crippen LogP contribution in [0.25, 0.3) is 0 Å². The first-order valence-electron chi connectivity index (χ1n) is 6.17. The van der Waals surface area contributed by atoms with Crippen molar-refractivity contribution in [2.75, 3.05) is 0 Å². The Labute approximate surface area is 103 Å². The van der Waals surface area contributed by atoms with Crippen LogP contribution in [0.1, 0.15) is 53.4 Å². The molecule has 1 heterocycles. The Morgan fingerprint density at radius 2 is 2.24 bits per heavy atom. The molecular formula is C13H22N2O2. The molecule has 0 aromatic rings. The average molecular weight is 238 g/mol. The van der Waals surface area contributed by atoms with Crippen LogP contribution in [0.15, 0.2) is 16.9 Å². The molecule has 0 saturated heterocycles. The zero-order valence-corrected chi connectivity index (χ0v) is 11.2. The van der Waals surface area contributed by atoms with Crippen LogP contribution in [-0.4, -0.2) is 17.4 Å². The van der Waals surface area contributed by atoms with Crippen LogP contribution < -0.4 is 5.32 Å². The van der Waals surface area contributed by atoms with Crippen molar-refractivity contribution in [1.29, 1.82) is 0 Å². The number of hydrogen-bond acceptors (Lipinski definition) is 3. The van der Waals surface area contributed by atoms with Crippen molar-refractivity contribution in [2.45, 2.75) is 59.0 Å².